The van der Waals surface area contributed by atoms with Gasteiger partial charge in [-0.05, 0) is 17.9 Å². The minimum atomic E-state index is -3.43. The van der Waals surface area contributed by atoms with Crippen molar-refractivity contribution < 1.29 is 8.42 Å². The summed E-state index contributed by atoms with van der Waals surface area (Å²) < 4.78 is 28.8. The number of nitrogens with one attached hydrogen (secondary N) is 3. The van der Waals surface area contributed by atoms with E-state index in [4.69, 9.17) is 0 Å². The quantitative estimate of drug-likeness (QED) is 0.224. The van der Waals surface area contributed by atoms with E-state index in [1.807, 2.05) is 4.68 Å². The van der Waals surface area contributed by atoms with Gasteiger partial charge in [0.2, 0.25) is 10.0 Å². The van der Waals surface area contributed by atoms with Gasteiger partial charge >= 0.3 is 0 Å². The summed E-state index contributed by atoms with van der Waals surface area (Å²) in [5, 5.41) is 12.4. The molecule has 0 saturated carbocycles. The first-order valence-corrected chi connectivity index (χ1v) is 10.3. The van der Waals surface area contributed by atoms with Gasteiger partial charge in [0.05, 0.1) is 6.54 Å². The lowest BCUT2D eigenvalue weighted by Gasteiger charge is -2.25. The first-order chi connectivity index (χ1) is 12.1. The molecule has 3 N–H and O–H groups in total. The van der Waals surface area contributed by atoms with E-state index in [2.05, 4.69) is 30.4 Å². The van der Waals surface area contributed by atoms with E-state index >= 15 is 0 Å². The van der Waals surface area contributed by atoms with E-state index in [-0.39, 0.29) is 36.6 Å². The maximum absolute atomic E-state index is 12.0. The normalized spacial score (nSPS) is 17.3. The number of halogens is 1. The number of fused-ring (bicyclic) bond motifs is 1. The van der Waals surface area contributed by atoms with Gasteiger partial charge in [-0.1, -0.05) is 6.07 Å². The molecule has 144 valence electrons. The van der Waals surface area contributed by atoms with Crippen molar-refractivity contribution in [2.24, 2.45) is 4.99 Å². The summed E-state index contributed by atoms with van der Waals surface area (Å²) in [6.07, 6.45) is 3.39. The van der Waals surface area contributed by atoms with E-state index in [0.717, 1.165) is 25.2 Å². The van der Waals surface area contributed by atoms with Gasteiger partial charge in [0.1, 0.15) is 16.4 Å². The average Bonchev–Trinajstić information content (AvgIpc) is 3.28. The fourth-order valence-corrected chi connectivity index (χ4v) is 4.67. The lowest BCUT2D eigenvalue weighted by molar-refractivity contribution is 0.393. The molecular formula is C14H22IN7O2S2. The smallest absolute Gasteiger partial charge is 0.250 e. The van der Waals surface area contributed by atoms with Crippen molar-refractivity contribution >= 4 is 51.3 Å². The third-order valence-electron chi connectivity index (χ3n) is 3.84. The summed E-state index contributed by atoms with van der Waals surface area (Å²) in [6, 6.07) is 3.51. The van der Waals surface area contributed by atoms with Crippen LogP contribution in [0.2, 0.25) is 0 Å². The van der Waals surface area contributed by atoms with Crippen molar-refractivity contribution in [1.82, 2.24) is 30.1 Å². The Morgan fingerprint density at radius 1 is 1.46 bits per heavy atom. The predicted molar refractivity (Wildman–Crippen MR) is 112 cm³/mol. The van der Waals surface area contributed by atoms with Crippen LogP contribution in [0, 0.1) is 0 Å². The Bertz CT molecular complexity index is 820. The minimum absolute atomic E-state index is 0. The second-order valence-corrected chi connectivity index (χ2v) is 8.51. The number of thiophene rings is 1. The number of guanidine groups is 1. The van der Waals surface area contributed by atoms with Gasteiger partial charge in [0.25, 0.3) is 0 Å². The first kappa shape index (κ1) is 21.1. The van der Waals surface area contributed by atoms with Crippen LogP contribution < -0.4 is 15.4 Å². The highest BCUT2D eigenvalue weighted by Crippen LogP contribution is 2.14. The van der Waals surface area contributed by atoms with Gasteiger partial charge in [-0.15, -0.1) is 35.3 Å². The van der Waals surface area contributed by atoms with E-state index in [1.54, 1.807) is 30.9 Å². The van der Waals surface area contributed by atoms with Gasteiger partial charge < -0.3 is 10.6 Å². The maximum Gasteiger partial charge on any atom is 0.250 e. The molecule has 2 aromatic heterocycles. The van der Waals surface area contributed by atoms with E-state index in [1.165, 1.54) is 11.3 Å². The lowest BCUT2D eigenvalue weighted by atomic mass is 10.1. The Morgan fingerprint density at radius 3 is 3.04 bits per heavy atom. The summed E-state index contributed by atoms with van der Waals surface area (Å²) in [6.45, 7) is 1.45. The topological polar surface area (TPSA) is 113 Å². The Morgan fingerprint density at radius 2 is 2.31 bits per heavy atom. The SMILES string of the molecule is CN=C(NCCNS(=O)(=O)c1cccs1)NC1CCc2ncnn2C1.I. The van der Waals surface area contributed by atoms with Crippen LogP contribution in [-0.2, 0) is 23.0 Å². The molecule has 0 amide bonds. The van der Waals surface area contributed by atoms with Crippen LogP contribution in [0.3, 0.4) is 0 Å². The first-order valence-electron chi connectivity index (χ1n) is 7.95. The highest BCUT2D eigenvalue weighted by Gasteiger charge is 2.20. The molecule has 9 nitrogen and oxygen atoms in total. The zero-order valence-electron chi connectivity index (χ0n) is 14.3. The van der Waals surface area contributed by atoms with Crippen LogP contribution in [0.1, 0.15) is 12.2 Å². The van der Waals surface area contributed by atoms with Gasteiger partial charge in [-0.25, -0.2) is 22.8 Å². The molecule has 1 aliphatic heterocycles. The zero-order valence-corrected chi connectivity index (χ0v) is 18.2. The second-order valence-electron chi connectivity index (χ2n) is 5.57. The third-order valence-corrected chi connectivity index (χ3v) is 6.70. The fourth-order valence-electron chi connectivity index (χ4n) is 2.60. The number of aliphatic imine (C=N–C) groups is 1. The Hall–Kier alpha value is -1.25. The van der Waals surface area contributed by atoms with E-state index < -0.39 is 10.0 Å². The molecule has 1 unspecified atom stereocenters. The highest BCUT2D eigenvalue weighted by molar-refractivity contribution is 14.0. The fraction of sp³-hybridized carbons (Fsp3) is 0.500. The van der Waals surface area contributed by atoms with E-state index in [9.17, 15) is 8.42 Å². The van der Waals surface area contributed by atoms with Crippen molar-refractivity contribution in [2.45, 2.75) is 29.6 Å². The summed E-state index contributed by atoms with van der Waals surface area (Å²) in [7, 11) is -1.74. The van der Waals surface area contributed by atoms with Crippen LogP contribution in [0.4, 0.5) is 0 Å². The zero-order chi connectivity index (χ0) is 17.7. The number of sulfonamides is 1. The molecule has 0 spiro atoms. The summed E-state index contributed by atoms with van der Waals surface area (Å²) >= 11 is 1.20. The van der Waals surface area contributed by atoms with Crippen molar-refractivity contribution in [2.75, 3.05) is 20.1 Å². The van der Waals surface area contributed by atoms with Crippen LogP contribution in [0.15, 0.2) is 33.0 Å². The molecule has 3 rings (SSSR count). The number of nitrogens with zero attached hydrogens (tertiary/aromatic N) is 4. The molecule has 0 aliphatic carbocycles. The predicted octanol–water partition coefficient (Wildman–Crippen LogP) is 0.416. The van der Waals surface area contributed by atoms with Crippen molar-refractivity contribution in [3.05, 3.63) is 29.7 Å². The van der Waals surface area contributed by atoms with Crippen molar-refractivity contribution in [3.8, 4) is 0 Å². The standard InChI is InChI=1S/C14H21N7O2S2.HI/c1-15-14(20-11-4-5-12-17-10-18-21(12)9-11)16-6-7-19-25(22,23)13-3-2-8-24-13;/h2-3,8,10-11,19H,4-7,9H2,1H3,(H2,15,16,20);1H. The number of rotatable bonds is 6. The molecular weight excluding hydrogens is 489 g/mol. The van der Waals surface area contributed by atoms with Crippen LogP contribution in [0.25, 0.3) is 0 Å². The molecule has 12 heteroatoms. The number of hydrogen-bond acceptors (Lipinski definition) is 6. The van der Waals surface area contributed by atoms with Crippen molar-refractivity contribution in [1.29, 1.82) is 0 Å². The molecule has 2 aromatic rings. The summed E-state index contributed by atoms with van der Waals surface area (Å²) in [5.74, 6) is 1.65. The molecule has 3 heterocycles. The molecule has 1 atom stereocenters. The molecule has 0 radical (unpaired) electrons. The molecule has 0 saturated heterocycles. The van der Waals surface area contributed by atoms with Gasteiger partial charge in [0.15, 0.2) is 5.96 Å². The van der Waals surface area contributed by atoms with Gasteiger partial charge in [-0.3, -0.25) is 4.99 Å². The summed E-state index contributed by atoms with van der Waals surface area (Å²) in [4.78, 5) is 8.39. The summed E-state index contributed by atoms with van der Waals surface area (Å²) in [5.41, 5.74) is 0. The molecule has 1 aliphatic rings. The van der Waals surface area contributed by atoms with Crippen LogP contribution in [0.5, 0.6) is 0 Å². The number of hydrogen-bond donors (Lipinski definition) is 3. The molecule has 26 heavy (non-hydrogen) atoms. The minimum Gasteiger partial charge on any atom is -0.355 e. The largest absolute Gasteiger partial charge is 0.355 e. The van der Waals surface area contributed by atoms with Crippen molar-refractivity contribution in [3.63, 3.8) is 0 Å². The average molecular weight is 511 g/mol. The number of aromatic nitrogens is 3. The maximum atomic E-state index is 12.0. The van der Waals surface area contributed by atoms with E-state index in [0.29, 0.717) is 16.7 Å². The van der Waals surface area contributed by atoms with Crippen LogP contribution >= 0.6 is 35.3 Å². The van der Waals surface area contributed by atoms with Gasteiger partial charge in [-0.2, -0.15) is 5.10 Å². The third kappa shape index (κ3) is 5.37. The molecule has 0 bridgehead atoms. The molecule has 0 fully saturated rings. The van der Waals surface area contributed by atoms with Gasteiger partial charge in [0, 0.05) is 32.6 Å². The monoisotopic (exact) mass is 511 g/mol. The Balaban J connectivity index is 0.00000243. The number of aryl methyl sites for hydroxylation is 1. The highest BCUT2D eigenvalue weighted by atomic mass is 127. The Labute approximate surface area is 173 Å². The lowest BCUT2D eigenvalue weighted by Crippen LogP contribution is -2.48. The van der Waals surface area contributed by atoms with Crippen LogP contribution in [-0.4, -0.2) is 55.3 Å². The second kappa shape index (κ2) is 9.62. The molecule has 0 aromatic carbocycles. The Kier molecular flexibility index (Phi) is 7.79.